The van der Waals surface area contributed by atoms with Gasteiger partial charge in [-0.1, -0.05) is 6.92 Å². The molecule has 0 bridgehead atoms. The molecule has 0 amide bonds. The molecule has 0 saturated carbocycles. The topological polar surface area (TPSA) is 55.8 Å². The van der Waals surface area contributed by atoms with Gasteiger partial charge in [0.1, 0.15) is 0 Å². The van der Waals surface area contributed by atoms with Gasteiger partial charge < -0.3 is 14.6 Å². The molecule has 0 fully saturated rings. The molecule has 0 aliphatic carbocycles. The van der Waals surface area contributed by atoms with Gasteiger partial charge in [0.15, 0.2) is 0 Å². The normalized spacial score (nSPS) is 12.5. The van der Waals surface area contributed by atoms with Gasteiger partial charge in [0.25, 0.3) is 0 Å². The summed E-state index contributed by atoms with van der Waals surface area (Å²) in [5.74, 6) is -0.367. The maximum Gasteiger partial charge on any atom is 0.308 e. The first-order chi connectivity index (χ1) is 6.20. The highest BCUT2D eigenvalue weighted by molar-refractivity contribution is 5.69. The van der Waals surface area contributed by atoms with E-state index < -0.39 is 6.10 Å². The maximum atomic E-state index is 10.9. The molecule has 0 aromatic carbocycles. The molecule has 0 aromatic rings. The van der Waals surface area contributed by atoms with Crippen molar-refractivity contribution >= 4 is 5.97 Å². The molecule has 1 unspecified atom stereocenters. The smallest absolute Gasteiger partial charge is 0.308 e. The van der Waals surface area contributed by atoms with Crippen LogP contribution in [0, 0.1) is 0 Å². The van der Waals surface area contributed by atoms with E-state index in [2.05, 4.69) is 0 Å². The highest BCUT2D eigenvalue weighted by Gasteiger charge is 2.11. The third-order valence-electron chi connectivity index (χ3n) is 1.38. The molecule has 1 N–H and O–H groups in total. The van der Waals surface area contributed by atoms with Crippen LogP contribution in [-0.4, -0.2) is 37.0 Å². The molecule has 0 aliphatic rings. The van der Waals surface area contributed by atoms with Crippen molar-refractivity contribution < 1.29 is 19.4 Å². The van der Waals surface area contributed by atoms with Gasteiger partial charge in [0, 0.05) is 6.61 Å². The van der Waals surface area contributed by atoms with Crippen molar-refractivity contribution in [2.45, 2.75) is 32.8 Å². The zero-order valence-corrected chi connectivity index (χ0v) is 8.28. The summed E-state index contributed by atoms with van der Waals surface area (Å²) in [7, 11) is 0. The molecule has 0 aromatic heterocycles. The molecule has 0 saturated heterocycles. The van der Waals surface area contributed by atoms with Crippen LogP contribution in [0.15, 0.2) is 0 Å². The minimum absolute atomic E-state index is 0.0139. The van der Waals surface area contributed by atoms with Crippen molar-refractivity contribution in [3.8, 4) is 0 Å². The number of esters is 1. The number of aliphatic hydroxyl groups is 1. The average Bonchev–Trinajstić information content (AvgIpc) is 2.11. The van der Waals surface area contributed by atoms with Gasteiger partial charge in [-0.3, -0.25) is 4.79 Å². The molecule has 0 spiro atoms. The molecule has 0 radical (unpaired) electrons. The fourth-order valence-corrected chi connectivity index (χ4v) is 0.780. The third-order valence-corrected chi connectivity index (χ3v) is 1.38. The second-order valence-corrected chi connectivity index (χ2v) is 2.74. The van der Waals surface area contributed by atoms with Gasteiger partial charge in [0.2, 0.25) is 0 Å². The predicted octanol–water partition coefficient (Wildman–Crippen LogP) is 0.727. The van der Waals surface area contributed by atoms with Crippen molar-refractivity contribution in [1.29, 1.82) is 0 Å². The van der Waals surface area contributed by atoms with Crippen molar-refractivity contribution in [2.75, 3.05) is 19.8 Å². The van der Waals surface area contributed by atoms with E-state index in [9.17, 15) is 9.90 Å². The molecule has 0 aliphatic heterocycles. The van der Waals surface area contributed by atoms with E-state index >= 15 is 0 Å². The Balaban J connectivity index is 3.41. The summed E-state index contributed by atoms with van der Waals surface area (Å²) in [4.78, 5) is 10.9. The Morgan fingerprint density at radius 1 is 1.46 bits per heavy atom. The van der Waals surface area contributed by atoms with E-state index in [-0.39, 0.29) is 19.0 Å². The summed E-state index contributed by atoms with van der Waals surface area (Å²) in [5.41, 5.74) is 0. The Kier molecular flexibility index (Phi) is 7.63. The lowest BCUT2D eigenvalue weighted by Crippen LogP contribution is -2.21. The lowest BCUT2D eigenvalue weighted by molar-refractivity contribution is -0.146. The number of rotatable bonds is 7. The van der Waals surface area contributed by atoms with Gasteiger partial charge in [-0.2, -0.15) is 0 Å². The molecular weight excluding hydrogens is 172 g/mol. The number of hydrogen-bond acceptors (Lipinski definition) is 4. The van der Waals surface area contributed by atoms with E-state index in [0.717, 1.165) is 6.42 Å². The first-order valence-corrected chi connectivity index (χ1v) is 4.62. The van der Waals surface area contributed by atoms with Crippen molar-refractivity contribution in [2.24, 2.45) is 0 Å². The Morgan fingerprint density at radius 3 is 2.69 bits per heavy atom. The zero-order valence-electron chi connectivity index (χ0n) is 8.28. The van der Waals surface area contributed by atoms with Gasteiger partial charge >= 0.3 is 5.97 Å². The van der Waals surface area contributed by atoms with Crippen LogP contribution in [0.3, 0.4) is 0 Å². The first-order valence-electron chi connectivity index (χ1n) is 4.62. The quantitative estimate of drug-likeness (QED) is 0.601. The molecular formula is C9H18O4. The van der Waals surface area contributed by atoms with Gasteiger partial charge in [-0.15, -0.1) is 0 Å². The molecule has 0 rings (SSSR count). The lowest BCUT2D eigenvalue weighted by Gasteiger charge is -2.09. The Morgan fingerprint density at radius 2 is 2.15 bits per heavy atom. The van der Waals surface area contributed by atoms with Crippen LogP contribution in [0.25, 0.3) is 0 Å². The van der Waals surface area contributed by atoms with E-state index in [1.807, 2.05) is 13.8 Å². The molecule has 4 heteroatoms. The summed E-state index contributed by atoms with van der Waals surface area (Å²) in [6, 6.07) is 0. The fourth-order valence-electron chi connectivity index (χ4n) is 0.780. The summed E-state index contributed by atoms with van der Waals surface area (Å²) in [6.07, 6.45) is 0.0668. The fraction of sp³-hybridized carbons (Fsp3) is 0.889. The maximum absolute atomic E-state index is 10.9. The van der Waals surface area contributed by atoms with E-state index in [1.165, 1.54) is 0 Å². The third kappa shape index (κ3) is 7.74. The van der Waals surface area contributed by atoms with Gasteiger partial charge in [-0.05, 0) is 13.3 Å². The van der Waals surface area contributed by atoms with E-state index in [1.54, 1.807) is 0 Å². The van der Waals surface area contributed by atoms with Crippen LogP contribution in [0.1, 0.15) is 26.7 Å². The first kappa shape index (κ1) is 12.4. The number of carbonyl (C=O) groups excluding carboxylic acids is 1. The van der Waals surface area contributed by atoms with E-state index in [4.69, 9.17) is 9.47 Å². The average molecular weight is 190 g/mol. The van der Waals surface area contributed by atoms with Crippen LogP contribution >= 0.6 is 0 Å². The summed E-state index contributed by atoms with van der Waals surface area (Å²) >= 11 is 0. The van der Waals surface area contributed by atoms with Gasteiger partial charge in [0.05, 0.1) is 25.7 Å². The van der Waals surface area contributed by atoms with Crippen molar-refractivity contribution in [3.63, 3.8) is 0 Å². The second-order valence-electron chi connectivity index (χ2n) is 2.74. The largest absolute Gasteiger partial charge is 0.466 e. The van der Waals surface area contributed by atoms with Crippen LogP contribution < -0.4 is 0 Å². The van der Waals surface area contributed by atoms with Crippen molar-refractivity contribution in [3.05, 3.63) is 0 Å². The van der Waals surface area contributed by atoms with Crippen molar-refractivity contribution in [1.82, 2.24) is 0 Å². The minimum Gasteiger partial charge on any atom is -0.466 e. The number of carbonyl (C=O) groups is 1. The highest BCUT2D eigenvalue weighted by Crippen LogP contribution is 1.96. The molecule has 13 heavy (non-hydrogen) atoms. The van der Waals surface area contributed by atoms with Crippen LogP contribution in [0.4, 0.5) is 0 Å². The number of ether oxygens (including phenoxy) is 2. The SMILES string of the molecule is CCCOC(=O)CC(O)COCC. The summed E-state index contributed by atoms with van der Waals surface area (Å²) in [6.45, 7) is 4.91. The lowest BCUT2D eigenvalue weighted by atomic mass is 10.3. The Labute approximate surface area is 78.8 Å². The molecule has 1 atom stereocenters. The zero-order chi connectivity index (χ0) is 10.1. The number of aliphatic hydroxyl groups excluding tert-OH is 1. The van der Waals surface area contributed by atoms with Crippen LogP contribution in [-0.2, 0) is 14.3 Å². The Hall–Kier alpha value is -0.610. The monoisotopic (exact) mass is 190 g/mol. The van der Waals surface area contributed by atoms with E-state index in [0.29, 0.717) is 13.2 Å². The minimum atomic E-state index is -0.746. The second kappa shape index (κ2) is 8.01. The standard InChI is InChI=1S/C9H18O4/c1-3-5-13-9(11)6-8(10)7-12-4-2/h8,10H,3-7H2,1-2H3. The predicted molar refractivity (Wildman–Crippen MR) is 48.4 cm³/mol. The molecule has 0 heterocycles. The van der Waals surface area contributed by atoms with Crippen LogP contribution in [0.2, 0.25) is 0 Å². The molecule has 4 nitrogen and oxygen atoms in total. The van der Waals surface area contributed by atoms with Crippen LogP contribution in [0.5, 0.6) is 0 Å². The highest BCUT2D eigenvalue weighted by atomic mass is 16.5. The summed E-state index contributed by atoms with van der Waals surface area (Å²) < 4.78 is 9.73. The summed E-state index contributed by atoms with van der Waals surface area (Å²) in [5, 5.41) is 9.22. The van der Waals surface area contributed by atoms with Gasteiger partial charge in [-0.25, -0.2) is 0 Å². The Bertz CT molecular complexity index is 136. The molecule has 78 valence electrons. The number of hydrogen-bond donors (Lipinski definition) is 1.